The van der Waals surface area contributed by atoms with Crippen molar-refractivity contribution in [2.75, 3.05) is 12.4 Å². The molecule has 0 atom stereocenters. The number of anilines is 1. The molecular weight excluding hydrogens is 518 g/mol. The van der Waals surface area contributed by atoms with Crippen molar-refractivity contribution < 1.29 is 23.0 Å². The number of halogens is 2. The van der Waals surface area contributed by atoms with Gasteiger partial charge in [-0.3, -0.25) is 14.6 Å². The molecule has 0 aliphatic rings. The number of nitrogens with zero attached hydrogens (tertiary/aromatic N) is 2. The summed E-state index contributed by atoms with van der Waals surface area (Å²) in [5, 5.41) is 2.60. The van der Waals surface area contributed by atoms with E-state index in [0.717, 1.165) is 6.07 Å². The summed E-state index contributed by atoms with van der Waals surface area (Å²) in [6.07, 6.45) is 1.89. The SMILES string of the molecule is CCc1[nH]c(C)c(-c2ccc(F)cc2)c(=O)c1C(=O)Nc1ccc(Oc2ccnc3ccc(OC)nc23)c(F)c1. The number of H-pyrrole nitrogens is 1. The molecule has 0 unspecified atom stereocenters. The number of amides is 1. The lowest BCUT2D eigenvalue weighted by atomic mass is 9.98. The van der Waals surface area contributed by atoms with Crippen LogP contribution in [0.4, 0.5) is 14.5 Å². The van der Waals surface area contributed by atoms with Crippen molar-refractivity contribution in [3.63, 3.8) is 0 Å². The molecule has 0 saturated carbocycles. The van der Waals surface area contributed by atoms with Crippen LogP contribution in [0, 0.1) is 18.6 Å². The van der Waals surface area contributed by atoms with Crippen molar-refractivity contribution in [3.05, 3.63) is 106 Å². The predicted molar refractivity (Wildman–Crippen MR) is 147 cm³/mol. The van der Waals surface area contributed by atoms with Crippen LogP contribution < -0.4 is 20.2 Å². The van der Waals surface area contributed by atoms with Gasteiger partial charge in [0, 0.05) is 47.0 Å². The highest BCUT2D eigenvalue weighted by molar-refractivity contribution is 6.05. The summed E-state index contributed by atoms with van der Waals surface area (Å²) in [6.45, 7) is 3.52. The molecule has 0 aliphatic carbocycles. The predicted octanol–water partition coefficient (Wildman–Crippen LogP) is 6.19. The number of aromatic nitrogens is 3. The maximum absolute atomic E-state index is 15.1. The minimum absolute atomic E-state index is 0.101. The molecule has 8 nitrogen and oxygen atoms in total. The molecule has 40 heavy (non-hydrogen) atoms. The summed E-state index contributed by atoms with van der Waals surface area (Å²) >= 11 is 0. The van der Waals surface area contributed by atoms with Gasteiger partial charge < -0.3 is 19.8 Å². The first-order valence-electron chi connectivity index (χ1n) is 12.4. The van der Waals surface area contributed by atoms with Crippen LogP contribution in [-0.2, 0) is 6.42 Å². The molecule has 0 radical (unpaired) electrons. The second kappa shape index (κ2) is 10.9. The monoisotopic (exact) mass is 542 g/mol. The second-order valence-corrected chi connectivity index (χ2v) is 8.90. The quantitative estimate of drug-likeness (QED) is 0.254. The fourth-order valence-electron chi connectivity index (χ4n) is 4.41. The van der Waals surface area contributed by atoms with Crippen LogP contribution in [0.3, 0.4) is 0 Å². The minimum atomic E-state index is -0.744. The minimum Gasteiger partial charge on any atom is -0.481 e. The second-order valence-electron chi connectivity index (χ2n) is 8.90. The van der Waals surface area contributed by atoms with Gasteiger partial charge in [-0.05, 0) is 49.2 Å². The van der Waals surface area contributed by atoms with E-state index in [1.165, 1.54) is 49.7 Å². The van der Waals surface area contributed by atoms with Crippen molar-refractivity contribution in [2.24, 2.45) is 0 Å². The number of methoxy groups -OCH3 is 1. The molecule has 0 bridgehead atoms. The molecule has 3 aromatic heterocycles. The number of aromatic amines is 1. The zero-order chi connectivity index (χ0) is 28.4. The highest BCUT2D eigenvalue weighted by atomic mass is 19.1. The van der Waals surface area contributed by atoms with Crippen molar-refractivity contribution in [3.8, 4) is 28.5 Å². The molecule has 3 heterocycles. The Morgan fingerprint density at radius 2 is 1.80 bits per heavy atom. The maximum atomic E-state index is 15.1. The Morgan fingerprint density at radius 1 is 1.02 bits per heavy atom. The number of aryl methyl sites for hydroxylation is 2. The fourth-order valence-corrected chi connectivity index (χ4v) is 4.41. The van der Waals surface area contributed by atoms with Crippen LogP contribution in [-0.4, -0.2) is 28.0 Å². The number of pyridine rings is 3. The summed E-state index contributed by atoms with van der Waals surface area (Å²) < 4.78 is 39.5. The Balaban J connectivity index is 1.44. The lowest BCUT2D eigenvalue weighted by molar-refractivity contribution is 0.102. The van der Waals surface area contributed by atoms with E-state index >= 15 is 4.39 Å². The summed E-state index contributed by atoms with van der Waals surface area (Å²) in [6, 6.07) is 14.3. The number of hydrogen-bond donors (Lipinski definition) is 2. The Hall–Kier alpha value is -5.12. The first-order chi connectivity index (χ1) is 19.3. The summed E-state index contributed by atoms with van der Waals surface area (Å²) in [4.78, 5) is 38.4. The van der Waals surface area contributed by atoms with Gasteiger partial charge in [-0.1, -0.05) is 19.1 Å². The van der Waals surface area contributed by atoms with Crippen LogP contribution in [0.25, 0.3) is 22.2 Å². The van der Waals surface area contributed by atoms with E-state index < -0.39 is 23.0 Å². The lowest BCUT2D eigenvalue weighted by Crippen LogP contribution is -2.27. The molecular formula is C30H24F2N4O4. The van der Waals surface area contributed by atoms with Gasteiger partial charge in [0.2, 0.25) is 11.3 Å². The zero-order valence-corrected chi connectivity index (χ0v) is 21.8. The molecule has 5 aromatic rings. The molecule has 0 saturated heterocycles. The molecule has 0 aliphatic heterocycles. The van der Waals surface area contributed by atoms with E-state index in [2.05, 4.69) is 20.3 Å². The van der Waals surface area contributed by atoms with Gasteiger partial charge in [-0.25, -0.2) is 13.8 Å². The molecule has 0 spiro atoms. The number of rotatable bonds is 7. The number of carbonyl (C=O) groups is 1. The standard InChI is InChI=1S/C30H24F2N4O4/c1-4-21-27(29(37)26(16(2)34-21)17-5-7-18(31)8-6-17)30(38)35-19-9-11-23(20(32)15-19)40-24-13-14-33-22-10-12-25(39-3)36-28(22)24/h5-15H,4H2,1-3H3,(H,34,37)(H,35,38). The van der Waals surface area contributed by atoms with Gasteiger partial charge in [-0.15, -0.1) is 0 Å². The average Bonchev–Trinajstić information content (AvgIpc) is 2.94. The maximum Gasteiger partial charge on any atom is 0.261 e. The highest BCUT2D eigenvalue weighted by Gasteiger charge is 2.22. The van der Waals surface area contributed by atoms with Gasteiger partial charge in [0.1, 0.15) is 16.9 Å². The van der Waals surface area contributed by atoms with Crippen LogP contribution in [0.1, 0.15) is 28.7 Å². The summed E-state index contributed by atoms with van der Waals surface area (Å²) in [5.41, 5.74) is 2.15. The Labute approximate surface area is 227 Å². The number of carbonyl (C=O) groups excluding carboxylic acids is 1. The topological polar surface area (TPSA) is 106 Å². The third-order valence-electron chi connectivity index (χ3n) is 6.32. The number of benzene rings is 2. The first kappa shape index (κ1) is 26.5. The summed E-state index contributed by atoms with van der Waals surface area (Å²) in [7, 11) is 1.48. The third-order valence-corrected chi connectivity index (χ3v) is 6.32. The Bertz CT molecular complexity index is 1800. The molecule has 2 aromatic carbocycles. The van der Waals surface area contributed by atoms with E-state index in [4.69, 9.17) is 9.47 Å². The number of nitrogens with one attached hydrogen (secondary N) is 2. The van der Waals surface area contributed by atoms with Gasteiger partial charge in [0.25, 0.3) is 5.91 Å². The smallest absolute Gasteiger partial charge is 0.261 e. The van der Waals surface area contributed by atoms with Crippen molar-refractivity contribution in [1.29, 1.82) is 0 Å². The summed E-state index contributed by atoms with van der Waals surface area (Å²) in [5.74, 6) is -1.37. The van der Waals surface area contributed by atoms with Crippen LogP contribution in [0.2, 0.25) is 0 Å². The van der Waals surface area contributed by atoms with Crippen LogP contribution >= 0.6 is 0 Å². The highest BCUT2D eigenvalue weighted by Crippen LogP contribution is 2.31. The normalized spacial score (nSPS) is 10.9. The number of fused-ring (bicyclic) bond motifs is 1. The largest absolute Gasteiger partial charge is 0.481 e. The van der Waals surface area contributed by atoms with E-state index in [9.17, 15) is 14.0 Å². The number of ether oxygens (including phenoxy) is 2. The van der Waals surface area contributed by atoms with Crippen LogP contribution in [0.5, 0.6) is 17.4 Å². The van der Waals surface area contributed by atoms with E-state index in [1.807, 2.05) is 0 Å². The first-order valence-corrected chi connectivity index (χ1v) is 12.4. The fraction of sp³-hybridized carbons (Fsp3) is 0.133. The van der Waals surface area contributed by atoms with Gasteiger partial charge in [0.05, 0.1) is 12.6 Å². The van der Waals surface area contributed by atoms with E-state index in [0.29, 0.717) is 40.3 Å². The third kappa shape index (κ3) is 5.11. The lowest BCUT2D eigenvalue weighted by Gasteiger charge is -2.14. The zero-order valence-electron chi connectivity index (χ0n) is 21.8. The molecule has 10 heteroatoms. The molecule has 1 amide bonds. The van der Waals surface area contributed by atoms with Crippen LogP contribution in [0.15, 0.2) is 71.7 Å². The van der Waals surface area contributed by atoms with E-state index in [1.54, 1.807) is 32.0 Å². The molecule has 5 rings (SSSR count). The van der Waals surface area contributed by atoms with Crippen molar-refractivity contribution in [1.82, 2.24) is 15.0 Å². The Morgan fingerprint density at radius 3 is 2.50 bits per heavy atom. The molecule has 0 fully saturated rings. The van der Waals surface area contributed by atoms with Crippen molar-refractivity contribution in [2.45, 2.75) is 20.3 Å². The van der Waals surface area contributed by atoms with Crippen molar-refractivity contribution >= 4 is 22.6 Å². The molecule has 2 N–H and O–H groups in total. The number of hydrogen-bond acceptors (Lipinski definition) is 6. The van der Waals surface area contributed by atoms with Gasteiger partial charge >= 0.3 is 0 Å². The van der Waals surface area contributed by atoms with Gasteiger partial charge in [-0.2, -0.15) is 0 Å². The molecule has 202 valence electrons. The van der Waals surface area contributed by atoms with E-state index in [-0.39, 0.29) is 28.3 Å². The average molecular weight is 543 g/mol. The Kier molecular flexibility index (Phi) is 7.24. The van der Waals surface area contributed by atoms with Gasteiger partial charge in [0.15, 0.2) is 17.3 Å².